The van der Waals surface area contributed by atoms with Gasteiger partial charge < -0.3 is 20.1 Å². The highest BCUT2D eigenvalue weighted by Gasteiger charge is 2.30. The summed E-state index contributed by atoms with van der Waals surface area (Å²) in [6.45, 7) is 3.60. The van der Waals surface area contributed by atoms with Crippen molar-refractivity contribution in [3.8, 4) is 0 Å². The van der Waals surface area contributed by atoms with E-state index in [0.29, 0.717) is 5.75 Å². The van der Waals surface area contributed by atoms with Gasteiger partial charge in [-0.25, -0.2) is 4.79 Å². The van der Waals surface area contributed by atoms with Gasteiger partial charge in [-0.05, 0) is 17.7 Å². The van der Waals surface area contributed by atoms with Crippen LogP contribution in [0.1, 0.15) is 19.4 Å². The Hall–Kier alpha value is -1.73. The number of benzene rings is 1. The summed E-state index contributed by atoms with van der Waals surface area (Å²) in [5.41, 5.74) is 1.27. The third-order valence-corrected chi connectivity index (χ3v) is 4.41. The Labute approximate surface area is 148 Å². The molecule has 7 heteroatoms. The predicted molar refractivity (Wildman–Crippen MR) is 97.6 cm³/mol. The number of hydrogen-bond acceptors (Lipinski definition) is 5. The van der Waals surface area contributed by atoms with Gasteiger partial charge in [0.05, 0.1) is 18.6 Å². The third kappa shape index (κ3) is 6.05. The zero-order valence-electron chi connectivity index (χ0n) is 14.6. The van der Waals surface area contributed by atoms with Crippen LogP contribution in [0.3, 0.4) is 0 Å². The van der Waals surface area contributed by atoms with Gasteiger partial charge in [0.2, 0.25) is 5.91 Å². The highest BCUT2D eigenvalue weighted by atomic mass is 32.1. The van der Waals surface area contributed by atoms with E-state index < -0.39 is 17.4 Å². The first-order valence-corrected chi connectivity index (χ1v) is 8.29. The lowest BCUT2D eigenvalue weighted by atomic mass is 9.95. The second-order valence-corrected chi connectivity index (χ2v) is 6.80. The Morgan fingerprint density at radius 2 is 1.88 bits per heavy atom. The van der Waals surface area contributed by atoms with Crippen LogP contribution in [0.2, 0.25) is 0 Å². The number of thiol groups is 1. The van der Waals surface area contributed by atoms with Gasteiger partial charge in [0.25, 0.3) is 0 Å². The van der Waals surface area contributed by atoms with Gasteiger partial charge in [0.15, 0.2) is 6.04 Å². The van der Waals surface area contributed by atoms with Crippen molar-refractivity contribution in [3.63, 3.8) is 0 Å². The quantitative estimate of drug-likeness (QED) is 0.589. The first-order chi connectivity index (χ1) is 11.2. The zero-order valence-corrected chi connectivity index (χ0v) is 15.5. The van der Waals surface area contributed by atoms with Gasteiger partial charge in [-0.2, -0.15) is 12.6 Å². The summed E-state index contributed by atoms with van der Waals surface area (Å²) >= 11 is 4.11. The van der Waals surface area contributed by atoms with E-state index in [9.17, 15) is 14.7 Å². The lowest BCUT2D eigenvalue weighted by Crippen LogP contribution is -2.49. The van der Waals surface area contributed by atoms with Gasteiger partial charge in [-0.15, -0.1) is 0 Å². The molecule has 0 aromatic heterocycles. The fraction of sp³-hybridized carbons (Fsp3) is 0.529. The van der Waals surface area contributed by atoms with E-state index in [4.69, 9.17) is 4.74 Å². The van der Waals surface area contributed by atoms with E-state index in [0.717, 1.165) is 11.3 Å². The Kier molecular flexibility index (Phi) is 7.57. The molecule has 1 unspecified atom stereocenters. The predicted octanol–water partition coefficient (Wildman–Crippen LogP) is 1.79. The summed E-state index contributed by atoms with van der Waals surface area (Å²) in [6.07, 6.45) is 0. The van der Waals surface area contributed by atoms with Crippen molar-refractivity contribution in [1.29, 1.82) is 0 Å². The van der Waals surface area contributed by atoms with Gasteiger partial charge >= 0.3 is 5.97 Å². The van der Waals surface area contributed by atoms with E-state index in [1.807, 2.05) is 43.3 Å². The molecule has 1 rings (SSSR count). The lowest BCUT2D eigenvalue weighted by molar-refractivity contribution is -0.145. The van der Waals surface area contributed by atoms with Crippen molar-refractivity contribution in [1.82, 2.24) is 5.32 Å². The van der Waals surface area contributed by atoms with E-state index in [1.165, 1.54) is 0 Å². The van der Waals surface area contributed by atoms with E-state index >= 15 is 0 Å². The van der Waals surface area contributed by atoms with Crippen LogP contribution in [0.4, 0.5) is 5.69 Å². The average Bonchev–Trinajstić information content (AvgIpc) is 2.53. The second-order valence-electron chi connectivity index (χ2n) is 6.48. The number of nitrogens with zero attached hydrogens (tertiary/aromatic N) is 1. The van der Waals surface area contributed by atoms with Crippen LogP contribution < -0.4 is 10.2 Å². The molecule has 0 aliphatic heterocycles. The summed E-state index contributed by atoms with van der Waals surface area (Å²) in [6, 6.07) is 6.69. The van der Waals surface area contributed by atoms with Crippen molar-refractivity contribution in [2.24, 2.45) is 5.41 Å². The molecule has 1 amide bonds. The smallest absolute Gasteiger partial charge is 0.328 e. The molecular weight excluding hydrogens is 328 g/mol. The number of ether oxygens (including phenoxy) is 1. The van der Waals surface area contributed by atoms with Crippen LogP contribution in [0, 0.1) is 5.41 Å². The SMILES string of the molecule is CN(C)c1ccc(COCC(NC(=O)C(C)(C)CS)C(=O)O)cc1. The molecule has 1 atom stereocenters. The van der Waals surface area contributed by atoms with Gasteiger partial charge in [0, 0.05) is 25.5 Å². The van der Waals surface area contributed by atoms with Crippen molar-refractivity contribution in [2.75, 3.05) is 31.4 Å². The fourth-order valence-corrected chi connectivity index (χ4v) is 1.93. The van der Waals surface area contributed by atoms with E-state index in [1.54, 1.807) is 13.8 Å². The number of anilines is 1. The Morgan fingerprint density at radius 1 is 1.29 bits per heavy atom. The number of nitrogens with one attached hydrogen (secondary N) is 1. The molecule has 134 valence electrons. The maximum absolute atomic E-state index is 12.1. The van der Waals surface area contributed by atoms with Crippen molar-refractivity contribution < 1.29 is 19.4 Å². The topological polar surface area (TPSA) is 78.9 Å². The maximum Gasteiger partial charge on any atom is 0.328 e. The van der Waals surface area contributed by atoms with Crippen LogP contribution >= 0.6 is 12.6 Å². The number of carboxylic acids is 1. The molecule has 0 fully saturated rings. The Bertz CT molecular complexity index is 558. The second kappa shape index (κ2) is 8.94. The number of carboxylic acid groups (broad SMARTS) is 1. The number of rotatable bonds is 9. The van der Waals surface area contributed by atoms with Gasteiger partial charge in [0.1, 0.15) is 0 Å². The van der Waals surface area contributed by atoms with Crippen LogP contribution in [0.5, 0.6) is 0 Å². The summed E-state index contributed by atoms with van der Waals surface area (Å²) < 4.78 is 5.46. The summed E-state index contributed by atoms with van der Waals surface area (Å²) in [5, 5.41) is 11.7. The van der Waals surface area contributed by atoms with Crippen LogP contribution in [0.15, 0.2) is 24.3 Å². The minimum atomic E-state index is -1.12. The molecule has 0 saturated carbocycles. The molecule has 1 aromatic carbocycles. The molecular formula is C17H26N2O4S. The highest BCUT2D eigenvalue weighted by molar-refractivity contribution is 7.80. The molecule has 0 aliphatic carbocycles. The maximum atomic E-state index is 12.1. The Balaban J connectivity index is 2.55. The molecule has 24 heavy (non-hydrogen) atoms. The fourth-order valence-electron chi connectivity index (χ4n) is 1.79. The van der Waals surface area contributed by atoms with Gasteiger partial charge in [-0.1, -0.05) is 26.0 Å². The molecule has 0 aliphatic rings. The monoisotopic (exact) mass is 354 g/mol. The lowest BCUT2D eigenvalue weighted by Gasteiger charge is -2.24. The van der Waals surface area contributed by atoms with Crippen molar-refractivity contribution in [2.45, 2.75) is 26.5 Å². The van der Waals surface area contributed by atoms with E-state index in [-0.39, 0.29) is 19.1 Å². The minimum Gasteiger partial charge on any atom is -0.480 e. The molecule has 1 aromatic rings. The first kappa shape index (κ1) is 20.3. The molecule has 2 N–H and O–H groups in total. The number of aliphatic carboxylic acids is 1. The van der Waals surface area contributed by atoms with Crippen LogP contribution in [-0.2, 0) is 20.9 Å². The minimum absolute atomic E-state index is 0.0981. The highest BCUT2D eigenvalue weighted by Crippen LogP contribution is 2.17. The largest absolute Gasteiger partial charge is 0.480 e. The molecule has 0 saturated heterocycles. The zero-order chi connectivity index (χ0) is 18.3. The third-order valence-electron chi connectivity index (χ3n) is 3.62. The molecule has 6 nitrogen and oxygen atoms in total. The number of carbonyl (C=O) groups is 2. The summed E-state index contributed by atoms with van der Waals surface area (Å²) in [7, 11) is 3.91. The molecule has 0 spiro atoms. The molecule has 0 bridgehead atoms. The normalized spacial score (nSPS) is 12.5. The number of amides is 1. The number of carbonyl (C=O) groups excluding carboxylic acids is 1. The van der Waals surface area contributed by atoms with Gasteiger partial charge in [-0.3, -0.25) is 4.79 Å². The van der Waals surface area contributed by atoms with Crippen molar-refractivity contribution >= 4 is 30.2 Å². The molecule has 0 heterocycles. The van der Waals surface area contributed by atoms with Crippen LogP contribution in [-0.4, -0.2) is 49.5 Å². The average molecular weight is 354 g/mol. The van der Waals surface area contributed by atoms with Crippen LogP contribution in [0.25, 0.3) is 0 Å². The number of hydrogen-bond donors (Lipinski definition) is 3. The molecule has 0 radical (unpaired) electrons. The standard InChI is InChI=1S/C17H26N2O4S/c1-17(2,11-24)16(22)18-14(15(20)21)10-23-9-12-5-7-13(8-6-12)19(3)4/h5-8,14,24H,9-11H2,1-4H3,(H,18,22)(H,20,21). The first-order valence-electron chi connectivity index (χ1n) is 7.66. The summed E-state index contributed by atoms with van der Waals surface area (Å²) in [5.74, 6) is -1.16. The van der Waals surface area contributed by atoms with Crippen molar-refractivity contribution in [3.05, 3.63) is 29.8 Å². The van der Waals surface area contributed by atoms with E-state index in [2.05, 4.69) is 17.9 Å². The Morgan fingerprint density at radius 3 is 2.33 bits per heavy atom. The summed E-state index contributed by atoms with van der Waals surface area (Å²) in [4.78, 5) is 25.3.